The Bertz CT molecular complexity index is 834. The zero-order chi connectivity index (χ0) is 18.7. The second-order valence-electron chi connectivity index (χ2n) is 6.61. The molecule has 6 nitrogen and oxygen atoms in total. The first kappa shape index (κ1) is 18.3. The van der Waals surface area contributed by atoms with Crippen molar-refractivity contribution in [3.8, 4) is 5.88 Å². The maximum Gasteiger partial charge on any atom is 0.258 e. The Labute approximate surface area is 150 Å². The summed E-state index contributed by atoms with van der Waals surface area (Å²) in [7, 11) is 3.92. The van der Waals surface area contributed by atoms with Crippen LogP contribution in [0.1, 0.15) is 24.4 Å². The number of ether oxygens (including phenoxy) is 1. The quantitative estimate of drug-likeness (QED) is 0.780. The molecule has 1 aromatic heterocycles. The van der Waals surface area contributed by atoms with Crippen LogP contribution in [-0.2, 0) is 6.61 Å². The SMILES string of the molecule is CN(C)CCNc1nc(OCc2ccc(F)cc2F)cc(=O)n1C1CC1. The van der Waals surface area contributed by atoms with Gasteiger partial charge >= 0.3 is 0 Å². The number of anilines is 1. The molecule has 0 amide bonds. The van der Waals surface area contributed by atoms with Gasteiger partial charge in [-0.3, -0.25) is 9.36 Å². The third-order valence-electron chi connectivity index (χ3n) is 4.07. The molecule has 140 valence electrons. The number of likely N-dealkylation sites (N-methyl/N-ethyl adjacent to an activating group) is 1. The van der Waals surface area contributed by atoms with Crippen LogP contribution in [0, 0.1) is 11.6 Å². The van der Waals surface area contributed by atoms with E-state index in [0.717, 1.165) is 31.5 Å². The van der Waals surface area contributed by atoms with Crippen LogP contribution in [0.2, 0.25) is 0 Å². The standard InChI is InChI=1S/C18H22F2N4O2/c1-23(2)8-7-21-18-22-16(10-17(25)24(18)14-5-6-14)26-11-12-3-4-13(19)9-15(12)20/h3-4,9-10,14H,5-8,11H2,1-2H3,(H,21,22). The molecule has 0 saturated heterocycles. The second-order valence-corrected chi connectivity index (χ2v) is 6.61. The number of hydrogen-bond acceptors (Lipinski definition) is 5. The Morgan fingerprint density at radius 1 is 1.31 bits per heavy atom. The fourth-order valence-corrected chi connectivity index (χ4v) is 2.54. The van der Waals surface area contributed by atoms with E-state index in [1.54, 1.807) is 4.57 Å². The first-order valence-electron chi connectivity index (χ1n) is 8.53. The predicted octanol–water partition coefficient (Wildman–Crippen LogP) is 2.41. The van der Waals surface area contributed by atoms with Gasteiger partial charge in [0, 0.05) is 30.8 Å². The fourth-order valence-electron chi connectivity index (χ4n) is 2.54. The van der Waals surface area contributed by atoms with Crippen LogP contribution in [0.15, 0.2) is 29.1 Å². The van der Waals surface area contributed by atoms with Crippen molar-refractivity contribution in [1.82, 2.24) is 14.5 Å². The predicted molar refractivity (Wildman–Crippen MR) is 94.5 cm³/mol. The molecular weight excluding hydrogens is 342 g/mol. The minimum absolute atomic E-state index is 0.114. The molecular formula is C18H22F2N4O2. The third kappa shape index (κ3) is 4.57. The number of hydrogen-bond donors (Lipinski definition) is 1. The molecule has 2 aromatic rings. The zero-order valence-electron chi connectivity index (χ0n) is 14.8. The Morgan fingerprint density at radius 2 is 2.08 bits per heavy atom. The number of nitrogens with zero attached hydrogens (tertiary/aromatic N) is 3. The van der Waals surface area contributed by atoms with Crippen molar-refractivity contribution in [2.75, 3.05) is 32.5 Å². The Kier molecular flexibility index (Phi) is 5.51. The molecule has 0 atom stereocenters. The maximum absolute atomic E-state index is 13.7. The molecule has 8 heteroatoms. The summed E-state index contributed by atoms with van der Waals surface area (Å²) >= 11 is 0. The Morgan fingerprint density at radius 3 is 2.73 bits per heavy atom. The van der Waals surface area contributed by atoms with E-state index in [4.69, 9.17) is 4.74 Å². The van der Waals surface area contributed by atoms with E-state index in [2.05, 4.69) is 10.3 Å². The van der Waals surface area contributed by atoms with Crippen molar-refractivity contribution >= 4 is 5.95 Å². The fraction of sp³-hybridized carbons (Fsp3) is 0.444. The van der Waals surface area contributed by atoms with Gasteiger partial charge in [-0.25, -0.2) is 8.78 Å². The summed E-state index contributed by atoms with van der Waals surface area (Å²) in [6.07, 6.45) is 1.90. The van der Waals surface area contributed by atoms with Crippen LogP contribution in [0.3, 0.4) is 0 Å². The van der Waals surface area contributed by atoms with Gasteiger partial charge in [0.2, 0.25) is 11.8 Å². The molecule has 1 saturated carbocycles. The molecule has 0 aliphatic heterocycles. The highest BCUT2D eigenvalue weighted by Crippen LogP contribution is 2.35. The molecule has 1 aliphatic carbocycles. The van der Waals surface area contributed by atoms with Crippen molar-refractivity contribution < 1.29 is 13.5 Å². The topological polar surface area (TPSA) is 59.4 Å². The summed E-state index contributed by atoms with van der Waals surface area (Å²) < 4.78 is 33.8. The zero-order valence-corrected chi connectivity index (χ0v) is 14.8. The minimum Gasteiger partial charge on any atom is -0.472 e. The number of aromatic nitrogens is 2. The summed E-state index contributed by atoms with van der Waals surface area (Å²) in [6.45, 7) is 1.28. The van der Waals surface area contributed by atoms with Gasteiger partial charge < -0.3 is 15.0 Å². The van der Waals surface area contributed by atoms with Gasteiger partial charge in [-0.1, -0.05) is 0 Å². The Hall–Kier alpha value is -2.48. The van der Waals surface area contributed by atoms with E-state index in [9.17, 15) is 13.6 Å². The van der Waals surface area contributed by atoms with Gasteiger partial charge in [-0.05, 0) is 39.1 Å². The van der Waals surface area contributed by atoms with Crippen LogP contribution in [0.25, 0.3) is 0 Å². The molecule has 1 aromatic carbocycles. The van der Waals surface area contributed by atoms with Gasteiger partial charge in [0.15, 0.2) is 0 Å². The second kappa shape index (κ2) is 7.82. The number of nitrogens with one attached hydrogen (secondary N) is 1. The van der Waals surface area contributed by atoms with Gasteiger partial charge in [0.05, 0.1) is 6.07 Å². The van der Waals surface area contributed by atoms with E-state index < -0.39 is 11.6 Å². The van der Waals surface area contributed by atoms with Crippen LogP contribution in [0.5, 0.6) is 5.88 Å². The largest absolute Gasteiger partial charge is 0.472 e. The van der Waals surface area contributed by atoms with E-state index in [0.29, 0.717) is 12.5 Å². The molecule has 1 aliphatic rings. The average molecular weight is 364 g/mol. The summed E-state index contributed by atoms with van der Waals surface area (Å²) in [5, 5.41) is 3.17. The number of benzene rings is 1. The highest BCUT2D eigenvalue weighted by atomic mass is 19.1. The Balaban J connectivity index is 1.76. The van der Waals surface area contributed by atoms with Gasteiger partial charge in [-0.15, -0.1) is 0 Å². The lowest BCUT2D eigenvalue weighted by atomic mass is 10.2. The van der Waals surface area contributed by atoms with Crippen molar-refractivity contribution in [3.63, 3.8) is 0 Å². The van der Waals surface area contributed by atoms with Crippen molar-refractivity contribution in [2.45, 2.75) is 25.5 Å². The molecule has 1 N–H and O–H groups in total. The lowest BCUT2D eigenvalue weighted by Gasteiger charge is -2.16. The smallest absolute Gasteiger partial charge is 0.258 e. The first-order valence-corrected chi connectivity index (χ1v) is 8.53. The monoisotopic (exact) mass is 364 g/mol. The van der Waals surface area contributed by atoms with Crippen LogP contribution < -0.4 is 15.6 Å². The van der Waals surface area contributed by atoms with Crippen molar-refractivity contribution in [1.29, 1.82) is 0 Å². The summed E-state index contributed by atoms with van der Waals surface area (Å²) in [4.78, 5) is 18.8. The number of halogens is 2. The highest BCUT2D eigenvalue weighted by molar-refractivity contribution is 5.32. The average Bonchev–Trinajstić information content (AvgIpc) is 3.38. The molecule has 26 heavy (non-hydrogen) atoms. The van der Waals surface area contributed by atoms with Crippen LogP contribution in [0.4, 0.5) is 14.7 Å². The minimum atomic E-state index is -0.694. The molecule has 1 fully saturated rings. The van der Waals surface area contributed by atoms with Crippen LogP contribution in [-0.4, -0.2) is 41.6 Å². The lowest BCUT2D eigenvalue weighted by Crippen LogP contribution is -2.27. The van der Waals surface area contributed by atoms with Crippen molar-refractivity contribution in [2.24, 2.45) is 0 Å². The van der Waals surface area contributed by atoms with E-state index in [1.807, 2.05) is 19.0 Å². The summed E-state index contributed by atoms with van der Waals surface area (Å²) in [5.74, 6) is -0.774. The summed E-state index contributed by atoms with van der Waals surface area (Å²) in [6, 6.07) is 4.74. The molecule has 0 spiro atoms. The van der Waals surface area contributed by atoms with E-state index in [1.165, 1.54) is 12.1 Å². The van der Waals surface area contributed by atoms with Gasteiger partial charge in [0.25, 0.3) is 5.56 Å². The van der Waals surface area contributed by atoms with E-state index >= 15 is 0 Å². The lowest BCUT2D eigenvalue weighted by molar-refractivity contribution is 0.286. The number of rotatable bonds is 8. The molecule has 0 unspecified atom stereocenters. The van der Waals surface area contributed by atoms with Gasteiger partial charge in [-0.2, -0.15) is 4.98 Å². The highest BCUT2D eigenvalue weighted by Gasteiger charge is 2.28. The molecule has 3 rings (SSSR count). The normalized spacial score (nSPS) is 13.9. The molecule has 1 heterocycles. The summed E-state index contributed by atoms with van der Waals surface area (Å²) in [5.41, 5.74) is -0.00822. The molecule has 0 bridgehead atoms. The first-order chi connectivity index (χ1) is 12.4. The molecule has 0 radical (unpaired) electrons. The maximum atomic E-state index is 13.7. The van der Waals surface area contributed by atoms with E-state index in [-0.39, 0.29) is 29.7 Å². The van der Waals surface area contributed by atoms with Crippen LogP contribution >= 0.6 is 0 Å². The van der Waals surface area contributed by atoms with Crippen molar-refractivity contribution in [3.05, 3.63) is 51.8 Å². The van der Waals surface area contributed by atoms with Gasteiger partial charge in [0.1, 0.15) is 18.2 Å². The third-order valence-corrected chi connectivity index (χ3v) is 4.07.